The van der Waals surface area contributed by atoms with E-state index in [0.29, 0.717) is 16.9 Å². The molecule has 0 spiro atoms. The number of para-hydroxylation sites is 3. The highest BCUT2D eigenvalue weighted by Crippen LogP contribution is 2.32. The second-order valence-electron chi connectivity index (χ2n) is 8.25. The number of nitrogens with zero attached hydrogens (tertiary/aromatic N) is 3. The Balaban J connectivity index is 1.48. The standard InChI is InChI=1S/C29H24N4O2/c1-21-16-18-22(19-17-21)30-27(34)20-32-26-15-9-8-14-25(26)28(29(32)35)31-33(23-10-4-2-5-11-23)24-12-6-3-7-13-24/h2-19H,20H2,1H3,(H,30,34)/b31-28+. The van der Waals surface area contributed by atoms with Gasteiger partial charge >= 0.3 is 0 Å². The molecule has 1 aliphatic heterocycles. The summed E-state index contributed by atoms with van der Waals surface area (Å²) in [7, 11) is 0. The lowest BCUT2D eigenvalue weighted by Crippen LogP contribution is -2.37. The first-order chi connectivity index (χ1) is 17.1. The van der Waals surface area contributed by atoms with E-state index >= 15 is 0 Å². The van der Waals surface area contributed by atoms with Crippen molar-refractivity contribution in [3.8, 4) is 0 Å². The first kappa shape index (κ1) is 22.1. The number of amides is 2. The fourth-order valence-corrected chi connectivity index (χ4v) is 4.00. The average Bonchev–Trinajstić information content (AvgIpc) is 3.15. The topological polar surface area (TPSA) is 65.0 Å². The minimum absolute atomic E-state index is 0.112. The van der Waals surface area contributed by atoms with Crippen molar-refractivity contribution >= 4 is 40.3 Å². The first-order valence-electron chi connectivity index (χ1n) is 11.4. The maximum absolute atomic E-state index is 13.6. The van der Waals surface area contributed by atoms with Gasteiger partial charge < -0.3 is 5.32 Å². The van der Waals surface area contributed by atoms with E-state index in [1.165, 1.54) is 4.90 Å². The summed E-state index contributed by atoms with van der Waals surface area (Å²) in [5.74, 6) is -0.594. The van der Waals surface area contributed by atoms with Gasteiger partial charge in [-0.25, -0.2) is 5.01 Å². The lowest BCUT2D eigenvalue weighted by molar-refractivity contribution is -0.118. The molecule has 2 amide bonds. The molecule has 0 saturated heterocycles. The maximum atomic E-state index is 13.6. The number of aryl methyl sites for hydroxylation is 1. The molecule has 1 aliphatic rings. The van der Waals surface area contributed by atoms with E-state index in [0.717, 1.165) is 16.9 Å². The largest absolute Gasteiger partial charge is 0.325 e. The first-order valence-corrected chi connectivity index (χ1v) is 11.4. The normalized spacial score (nSPS) is 13.6. The Labute approximate surface area is 204 Å². The number of nitrogens with one attached hydrogen (secondary N) is 1. The molecule has 6 heteroatoms. The van der Waals surface area contributed by atoms with Crippen LogP contribution in [0, 0.1) is 6.92 Å². The minimum atomic E-state index is -0.317. The number of carbonyl (C=O) groups is 2. The molecule has 0 fully saturated rings. The van der Waals surface area contributed by atoms with Gasteiger partial charge in [-0.1, -0.05) is 72.3 Å². The number of carbonyl (C=O) groups excluding carboxylic acids is 2. The molecule has 0 aromatic heterocycles. The molecule has 35 heavy (non-hydrogen) atoms. The van der Waals surface area contributed by atoms with E-state index in [4.69, 9.17) is 5.10 Å². The summed E-state index contributed by atoms with van der Waals surface area (Å²) < 4.78 is 0. The average molecular weight is 461 g/mol. The number of hydrogen-bond donors (Lipinski definition) is 1. The van der Waals surface area contributed by atoms with Gasteiger partial charge in [-0.2, -0.15) is 5.10 Å². The molecule has 6 nitrogen and oxygen atoms in total. The highest BCUT2D eigenvalue weighted by molar-refractivity contribution is 6.55. The Bertz CT molecular complexity index is 1340. The van der Waals surface area contributed by atoms with Gasteiger partial charge in [0.15, 0.2) is 5.71 Å². The van der Waals surface area contributed by atoms with Crippen LogP contribution in [0.4, 0.5) is 22.7 Å². The molecule has 172 valence electrons. The van der Waals surface area contributed by atoms with Crippen molar-refractivity contribution in [2.45, 2.75) is 6.92 Å². The van der Waals surface area contributed by atoms with E-state index in [9.17, 15) is 9.59 Å². The smallest absolute Gasteiger partial charge is 0.279 e. The molecule has 0 radical (unpaired) electrons. The summed E-state index contributed by atoms with van der Waals surface area (Å²) in [6.07, 6.45) is 0. The molecular weight excluding hydrogens is 436 g/mol. The monoisotopic (exact) mass is 460 g/mol. The van der Waals surface area contributed by atoms with E-state index < -0.39 is 0 Å². The van der Waals surface area contributed by atoms with Crippen LogP contribution in [-0.2, 0) is 9.59 Å². The molecule has 0 unspecified atom stereocenters. The highest BCUT2D eigenvalue weighted by atomic mass is 16.2. The molecule has 4 aromatic rings. The highest BCUT2D eigenvalue weighted by Gasteiger charge is 2.35. The Morgan fingerprint density at radius 3 is 2.00 bits per heavy atom. The summed E-state index contributed by atoms with van der Waals surface area (Å²) in [6.45, 7) is 1.87. The predicted molar refractivity (Wildman–Crippen MR) is 140 cm³/mol. The van der Waals surface area contributed by atoms with Crippen molar-refractivity contribution in [3.63, 3.8) is 0 Å². The second-order valence-corrected chi connectivity index (χ2v) is 8.25. The van der Waals surface area contributed by atoms with Crippen molar-refractivity contribution in [3.05, 3.63) is 120 Å². The molecule has 1 heterocycles. The molecular formula is C29H24N4O2. The zero-order valence-corrected chi connectivity index (χ0v) is 19.3. The number of anilines is 4. The van der Waals surface area contributed by atoms with Gasteiger partial charge in [0.1, 0.15) is 6.54 Å². The van der Waals surface area contributed by atoms with Gasteiger partial charge in [0.25, 0.3) is 5.91 Å². The van der Waals surface area contributed by atoms with Crippen LogP contribution in [-0.4, -0.2) is 24.1 Å². The summed E-state index contributed by atoms with van der Waals surface area (Å²) in [4.78, 5) is 27.9. The van der Waals surface area contributed by atoms with Gasteiger partial charge in [-0.05, 0) is 49.4 Å². The number of hydrogen-bond acceptors (Lipinski definition) is 4. The summed E-state index contributed by atoms with van der Waals surface area (Å²) in [5.41, 5.74) is 5.09. The van der Waals surface area contributed by atoms with Gasteiger partial charge in [-0.3, -0.25) is 14.5 Å². The van der Waals surface area contributed by atoms with Crippen LogP contribution < -0.4 is 15.2 Å². The van der Waals surface area contributed by atoms with Crippen LogP contribution in [0.1, 0.15) is 11.1 Å². The molecule has 0 saturated carbocycles. The number of fused-ring (bicyclic) bond motifs is 1. The number of hydrazone groups is 1. The van der Waals surface area contributed by atoms with E-state index in [1.807, 2.05) is 116 Å². The van der Waals surface area contributed by atoms with Crippen molar-refractivity contribution < 1.29 is 9.59 Å². The SMILES string of the molecule is Cc1ccc(NC(=O)CN2C(=O)/C(=N/N(c3ccccc3)c3ccccc3)c3ccccc32)cc1. The third-order valence-electron chi connectivity index (χ3n) is 5.74. The molecule has 0 atom stereocenters. The van der Waals surface area contributed by atoms with Crippen molar-refractivity contribution in [1.82, 2.24) is 0 Å². The minimum Gasteiger partial charge on any atom is -0.325 e. The van der Waals surface area contributed by atoms with E-state index in [2.05, 4.69) is 5.32 Å². The Kier molecular flexibility index (Phi) is 6.09. The molecule has 1 N–H and O–H groups in total. The Morgan fingerprint density at radius 2 is 1.37 bits per heavy atom. The van der Waals surface area contributed by atoms with Gasteiger partial charge in [0.2, 0.25) is 5.91 Å². The quantitative estimate of drug-likeness (QED) is 0.385. The Morgan fingerprint density at radius 1 is 0.800 bits per heavy atom. The predicted octanol–water partition coefficient (Wildman–Crippen LogP) is 5.52. The van der Waals surface area contributed by atoms with Crippen LogP contribution >= 0.6 is 0 Å². The fraction of sp³-hybridized carbons (Fsp3) is 0.0690. The molecule has 5 rings (SSSR count). The molecule has 0 aliphatic carbocycles. The van der Waals surface area contributed by atoms with Crippen LogP contribution in [0.2, 0.25) is 0 Å². The summed E-state index contributed by atoms with van der Waals surface area (Å²) in [5, 5.41) is 9.44. The Hall–Kier alpha value is -4.71. The van der Waals surface area contributed by atoms with Crippen molar-refractivity contribution in [1.29, 1.82) is 0 Å². The van der Waals surface area contributed by atoms with Gasteiger partial charge in [0.05, 0.1) is 17.1 Å². The summed E-state index contributed by atoms with van der Waals surface area (Å²) >= 11 is 0. The van der Waals surface area contributed by atoms with Gasteiger partial charge in [-0.15, -0.1) is 0 Å². The number of benzene rings is 4. The van der Waals surface area contributed by atoms with E-state index in [1.54, 1.807) is 5.01 Å². The fourth-order valence-electron chi connectivity index (χ4n) is 4.00. The van der Waals surface area contributed by atoms with Crippen LogP contribution in [0.3, 0.4) is 0 Å². The third-order valence-corrected chi connectivity index (χ3v) is 5.74. The molecule has 4 aromatic carbocycles. The maximum Gasteiger partial charge on any atom is 0.279 e. The number of rotatable bonds is 6. The summed E-state index contributed by atoms with van der Waals surface area (Å²) in [6, 6.07) is 34.3. The zero-order chi connectivity index (χ0) is 24.2. The third kappa shape index (κ3) is 4.68. The van der Waals surface area contributed by atoms with Crippen molar-refractivity contribution in [2.24, 2.45) is 5.10 Å². The lowest BCUT2D eigenvalue weighted by atomic mass is 10.1. The van der Waals surface area contributed by atoms with Crippen LogP contribution in [0.15, 0.2) is 114 Å². The second kappa shape index (κ2) is 9.65. The van der Waals surface area contributed by atoms with Crippen molar-refractivity contribution in [2.75, 3.05) is 21.8 Å². The zero-order valence-electron chi connectivity index (χ0n) is 19.3. The van der Waals surface area contributed by atoms with Crippen LogP contribution in [0.25, 0.3) is 0 Å². The molecule has 0 bridgehead atoms. The lowest BCUT2D eigenvalue weighted by Gasteiger charge is -2.20. The van der Waals surface area contributed by atoms with Crippen LogP contribution in [0.5, 0.6) is 0 Å². The van der Waals surface area contributed by atoms with Gasteiger partial charge in [0, 0.05) is 11.3 Å². The van der Waals surface area contributed by atoms with E-state index in [-0.39, 0.29) is 24.1 Å².